The van der Waals surface area contributed by atoms with Crippen molar-refractivity contribution in [3.05, 3.63) is 88.5 Å². The van der Waals surface area contributed by atoms with Crippen molar-refractivity contribution >= 4 is 23.6 Å². The zero-order valence-electron chi connectivity index (χ0n) is 23.0. The third-order valence-corrected chi connectivity index (χ3v) is 8.77. The van der Waals surface area contributed by atoms with Crippen molar-refractivity contribution in [2.45, 2.75) is 77.3 Å². The summed E-state index contributed by atoms with van der Waals surface area (Å²) >= 11 is 0. The van der Waals surface area contributed by atoms with Crippen molar-refractivity contribution < 1.29 is 23.9 Å². The Hall–Kier alpha value is -3.91. The van der Waals surface area contributed by atoms with Gasteiger partial charge in [0.05, 0.1) is 29.4 Å². The van der Waals surface area contributed by atoms with E-state index in [4.69, 9.17) is 9.47 Å². The molecule has 3 amide bonds. The van der Waals surface area contributed by atoms with Crippen molar-refractivity contribution in [1.29, 1.82) is 0 Å². The molecular formula is C33H39N3O5. The molecule has 2 aromatic carbocycles. The summed E-state index contributed by atoms with van der Waals surface area (Å²) in [5.74, 6) is -0.214. The standard InChI is InChI=1S/C32H35N3O5.CH4/c1-20-17-22-15-16-34-29(24(22)18-28(20)39-2)26-13-8-14-27(31(34)37)35(26)30(36)23-11-6-7-12-25(23)33-32(38)40-19-21-9-4-3-5-10-21;/h3-7,9-12,17,26-29H,8,13-16,18-19H2,1-2H3,(H,33,38);1H4. The number of allylic oxidation sites excluding steroid dienone is 1. The van der Waals surface area contributed by atoms with E-state index in [1.807, 2.05) is 40.1 Å². The number of ether oxygens (including phenoxy) is 2. The number of carbonyl (C=O) groups is 3. The minimum atomic E-state index is -0.637. The zero-order chi connectivity index (χ0) is 27.8. The van der Waals surface area contributed by atoms with E-state index < -0.39 is 12.1 Å². The molecule has 2 bridgehead atoms. The summed E-state index contributed by atoms with van der Waals surface area (Å²) < 4.78 is 11.2. The maximum atomic E-state index is 14.3. The van der Waals surface area contributed by atoms with E-state index in [1.54, 1.807) is 31.4 Å². The molecule has 6 rings (SSSR count). The molecule has 4 unspecified atom stereocenters. The molecule has 2 saturated heterocycles. The average molecular weight is 558 g/mol. The Balaban J connectivity index is 0.00000337. The van der Waals surface area contributed by atoms with Crippen molar-refractivity contribution in [3.8, 4) is 0 Å². The highest BCUT2D eigenvalue weighted by Gasteiger charge is 2.53. The molecule has 0 radical (unpaired) electrons. The van der Waals surface area contributed by atoms with Gasteiger partial charge in [0.2, 0.25) is 5.91 Å². The van der Waals surface area contributed by atoms with Crippen molar-refractivity contribution in [2.24, 2.45) is 0 Å². The predicted molar refractivity (Wildman–Crippen MR) is 157 cm³/mol. The lowest BCUT2D eigenvalue weighted by atomic mass is 9.74. The number of carbonyl (C=O) groups excluding carboxylic acids is 3. The number of nitrogens with zero attached hydrogens (tertiary/aromatic N) is 2. The molecule has 4 atom stereocenters. The Morgan fingerprint density at radius 2 is 1.80 bits per heavy atom. The number of methoxy groups -OCH3 is 1. The number of piperazine rings is 1. The third-order valence-electron chi connectivity index (χ3n) is 8.77. The highest BCUT2D eigenvalue weighted by atomic mass is 16.5. The van der Waals surface area contributed by atoms with Gasteiger partial charge in [-0.05, 0) is 67.0 Å². The first-order valence-corrected chi connectivity index (χ1v) is 14.1. The summed E-state index contributed by atoms with van der Waals surface area (Å²) in [7, 11) is 1.72. The van der Waals surface area contributed by atoms with Gasteiger partial charge in [-0.15, -0.1) is 0 Å². The Kier molecular flexibility index (Phi) is 8.31. The fraction of sp³-hybridized carbons (Fsp3) is 0.424. The van der Waals surface area contributed by atoms with E-state index in [0.717, 1.165) is 31.2 Å². The molecule has 2 aromatic rings. The van der Waals surface area contributed by atoms with Gasteiger partial charge < -0.3 is 19.3 Å². The summed E-state index contributed by atoms with van der Waals surface area (Å²) in [5, 5.41) is 2.76. The molecule has 8 nitrogen and oxygen atoms in total. The van der Waals surface area contributed by atoms with Crippen LogP contribution in [0.15, 0.2) is 77.4 Å². The van der Waals surface area contributed by atoms with Gasteiger partial charge in [-0.1, -0.05) is 56.0 Å². The van der Waals surface area contributed by atoms with Crippen LogP contribution in [-0.4, -0.2) is 65.6 Å². The number of piperidine rings is 1. The maximum Gasteiger partial charge on any atom is 0.411 e. The fourth-order valence-corrected chi connectivity index (χ4v) is 6.87. The van der Waals surface area contributed by atoms with Gasteiger partial charge in [0.1, 0.15) is 12.6 Å². The summed E-state index contributed by atoms with van der Waals surface area (Å²) in [6.45, 7) is 2.89. The van der Waals surface area contributed by atoms with Crippen LogP contribution in [0.25, 0.3) is 0 Å². The van der Waals surface area contributed by atoms with Gasteiger partial charge in [-0.3, -0.25) is 14.9 Å². The number of para-hydroxylation sites is 1. The summed E-state index contributed by atoms with van der Waals surface area (Å²) in [5.41, 5.74) is 5.30. The molecule has 1 aliphatic carbocycles. The zero-order valence-corrected chi connectivity index (χ0v) is 23.0. The number of fused-ring (bicyclic) bond motifs is 5. The normalized spacial score (nSPS) is 24.9. The summed E-state index contributed by atoms with van der Waals surface area (Å²) in [6.07, 6.45) is 5.48. The van der Waals surface area contributed by atoms with Gasteiger partial charge in [0, 0.05) is 20.1 Å². The highest BCUT2D eigenvalue weighted by Crippen LogP contribution is 2.44. The van der Waals surface area contributed by atoms with Crippen molar-refractivity contribution in [2.75, 3.05) is 19.0 Å². The Morgan fingerprint density at radius 3 is 2.59 bits per heavy atom. The number of anilines is 1. The molecule has 216 valence electrons. The minimum absolute atomic E-state index is 0. The second kappa shape index (κ2) is 11.9. The molecule has 3 aliphatic heterocycles. The molecule has 0 spiro atoms. The Labute approximate surface area is 242 Å². The monoisotopic (exact) mass is 557 g/mol. The maximum absolute atomic E-state index is 14.3. The lowest BCUT2D eigenvalue weighted by Gasteiger charge is -2.56. The SMILES string of the molecule is C.COC1CC2=C(C=C1C)CCN1C(=O)C3CCCC(C21)N3C(=O)c1ccccc1NC(=O)OCc1ccccc1. The summed E-state index contributed by atoms with van der Waals surface area (Å²) in [6, 6.07) is 15.6. The van der Waals surface area contributed by atoms with Gasteiger partial charge in [0.25, 0.3) is 5.91 Å². The minimum Gasteiger partial charge on any atom is -0.444 e. The van der Waals surface area contributed by atoms with Gasteiger partial charge in [0.15, 0.2) is 0 Å². The highest BCUT2D eigenvalue weighted by molar-refractivity contribution is 6.05. The van der Waals surface area contributed by atoms with Crippen LogP contribution in [0.3, 0.4) is 0 Å². The first-order valence-electron chi connectivity index (χ1n) is 14.1. The number of benzene rings is 2. The Bertz CT molecular complexity index is 1380. The van der Waals surface area contributed by atoms with Crippen LogP contribution in [0.5, 0.6) is 0 Å². The predicted octanol–water partition coefficient (Wildman–Crippen LogP) is 5.71. The lowest BCUT2D eigenvalue weighted by Crippen LogP contribution is -2.71. The topological polar surface area (TPSA) is 88.2 Å². The van der Waals surface area contributed by atoms with Gasteiger partial charge in [-0.2, -0.15) is 0 Å². The van der Waals surface area contributed by atoms with Crippen LogP contribution in [0.1, 0.15) is 62.4 Å². The molecule has 8 heteroatoms. The summed E-state index contributed by atoms with van der Waals surface area (Å²) in [4.78, 5) is 44.6. The van der Waals surface area contributed by atoms with Crippen LogP contribution in [0.2, 0.25) is 0 Å². The first kappa shape index (κ1) is 28.6. The number of rotatable bonds is 5. The Morgan fingerprint density at radius 1 is 1.05 bits per heavy atom. The van der Waals surface area contributed by atoms with E-state index in [2.05, 4.69) is 18.3 Å². The van der Waals surface area contributed by atoms with Gasteiger partial charge in [-0.25, -0.2) is 4.79 Å². The second-order valence-corrected chi connectivity index (χ2v) is 11.1. The van der Waals surface area contributed by atoms with Crippen LogP contribution in [0, 0.1) is 0 Å². The molecule has 3 heterocycles. The van der Waals surface area contributed by atoms with Crippen molar-refractivity contribution in [1.82, 2.24) is 9.80 Å². The molecule has 1 N–H and O–H groups in total. The molecule has 2 fully saturated rings. The number of hydrogen-bond donors (Lipinski definition) is 1. The van der Waals surface area contributed by atoms with E-state index in [1.165, 1.54) is 16.7 Å². The molecule has 41 heavy (non-hydrogen) atoms. The lowest BCUT2D eigenvalue weighted by molar-refractivity contribution is -0.150. The van der Waals surface area contributed by atoms with Crippen LogP contribution >= 0.6 is 0 Å². The first-order chi connectivity index (χ1) is 19.5. The third kappa shape index (κ3) is 5.28. The van der Waals surface area contributed by atoms with Gasteiger partial charge >= 0.3 is 6.09 Å². The molecule has 0 saturated carbocycles. The smallest absolute Gasteiger partial charge is 0.411 e. The average Bonchev–Trinajstić information content (AvgIpc) is 2.98. The van der Waals surface area contributed by atoms with Crippen LogP contribution in [0.4, 0.5) is 10.5 Å². The van der Waals surface area contributed by atoms with E-state index in [0.29, 0.717) is 24.2 Å². The van der Waals surface area contributed by atoms with Crippen molar-refractivity contribution in [3.63, 3.8) is 0 Å². The van der Waals surface area contributed by atoms with E-state index in [9.17, 15) is 14.4 Å². The van der Waals surface area contributed by atoms with Crippen LogP contribution < -0.4 is 5.32 Å². The second-order valence-electron chi connectivity index (χ2n) is 11.1. The molecule has 0 aromatic heterocycles. The van der Waals surface area contributed by atoms with E-state index in [-0.39, 0.29) is 44.0 Å². The van der Waals surface area contributed by atoms with E-state index >= 15 is 0 Å². The number of hydrogen-bond acceptors (Lipinski definition) is 5. The molecule has 4 aliphatic rings. The largest absolute Gasteiger partial charge is 0.444 e. The fourth-order valence-electron chi connectivity index (χ4n) is 6.87. The number of amides is 3. The number of nitrogens with one attached hydrogen (secondary N) is 1. The van der Waals surface area contributed by atoms with Crippen LogP contribution in [-0.2, 0) is 20.9 Å². The quantitative estimate of drug-likeness (QED) is 0.509. The molecular weight excluding hydrogens is 518 g/mol.